The molecule has 0 bridgehead atoms. The third-order valence-corrected chi connectivity index (χ3v) is 4.35. The van der Waals surface area contributed by atoms with Gasteiger partial charge in [-0.15, -0.1) is 0 Å². The predicted octanol–water partition coefficient (Wildman–Crippen LogP) is 1.28. The molecule has 6 nitrogen and oxygen atoms in total. The van der Waals surface area contributed by atoms with Gasteiger partial charge in [-0.25, -0.2) is 4.39 Å². The van der Waals surface area contributed by atoms with Crippen LogP contribution in [0, 0.1) is 6.92 Å². The number of halogens is 1. The fraction of sp³-hybridized carbons (Fsp3) is 0.353. The van der Waals surface area contributed by atoms with Crippen molar-refractivity contribution in [1.29, 1.82) is 0 Å². The van der Waals surface area contributed by atoms with Gasteiger partial charge in [0.25, 0.3) is 5.91 Å². The van der Waals surface area contributed by atoms with Gasteiger partial charge >= 0.3 is 0 Å². The Morgan fingerprint density at radius 1 is 1.33 bits per heavy atom. The Hall–Kier alpha value is -2.70. The topological polar surface area (TPSA) is 81.2 Å². The number of hydrogen-bond donors (Lipinski definition) is 1. The molecular formula is C17H19FN4O2. The molecule has 1 aliphatic heterocycles. The Bertz CT molecular complexity index is 759. The van der Waals surface area contributed by atoms with Crippen LogP contribution < -0.4 is 5.73 Å². The number of amides is 2. The SMILES string of the molecule is Cc1c(C(=O)N2C[C@H](F)C[C@H]2C(N)=O)cnn1Cc1ccccc1. The van der Waals surface area contributed by atoms with Crippen LogP contribution in [-0.4, -0.2) is 45.3 Å². The Morgan fingerprint density at radius 2 is 2.04 bits per heavy atom. The number of carbonyl (C=O) groups is 2. The molecule has 2 heterocycles. The number of hydrogen-bond acceptors (Lipinski definition) is 3. The molecule has 0 saturated carbocycles. The van der Waals surface area contributed by atoms with Crippen molar-refractivity contribution < 1.29 is 14.0 Å². The molecule has 7 heteroatoms. The summed E-state index contributed by atoms with van der Waals surface area (Å²) in [4.78, 5) is 25.4. The molecule has 0 aliphatic carbocycles. The maximum Gasteiger partial charge on any atom is 0.258 e. The first-order valence-electron chi connectivity index (χ1n) is 7.78. The second kappa shape index (κ2) is 6.43. The van der Waals surface area contributed by atoms with Crippen LogP contribution in [0.3, 0.4) is 0 Å². The number of aromatic nitrogens is 2. The monoisotopic (exact) mass is 330 g/mol. The number of alkyl halides is 1. The highest BCUT2D eigenvalue weighted by Gasteiger charge is 2.39. The molecule has 1 aromatic heterocycles. The Balaban J connectivity index is 1.82. The third kappa shape index (κ3) is 3.02. The van der Waals surface area contributed by atoms with Crippen LogP contribution in [0.5, 0.6) is 0 Å². The average molecular weight is 330 g/mol. The molecule has 2 aromatic rings. The van der Waals surface area contributed by atoms with Crippen LogP contribution in [-0.2, 0) is 11.3 Å². The van der Waals surface area contributed by atoms with Crippen molar-refractivity contribution in [2.75, 3.05) is 6.54 Å². The number of nitrogens with zero attached hydrogens (tertiary/aromatic N) is 3. The zero-order valence-electron chi connectivity index (χ0n) is 13.4. The van der Waals surface area contributed by atoms with Gasteiger partial charge in [-0.3, -0.25) is 14.3 Å². The summed E-state index contributed by atoms with van der Waals surface area (Å²) in [6.07, 6.45) is 0.189. The molecule has 2 amide bonds. The number of nitrogens with two attached hydrogens (primary N) is 1. The summed E-state index contributed by atoms with van der Waals surface area (Å²) in [5.41, 5.74) is 7.39. The molecule has 2 N–H and O–H groups in total. The second-order valence-corrected chi connectivity index (χ2v) is 6.00. The highest BCUT2D eigenvalue weighted by Crippen LogP contribution is 2.23. The van der Waals surface area contributed by atoms with E-state index in [1.165, 1.54) is 11.1 Å². The molecule has 0 unspecified atom stereocenters. The summed E-state index contributed by atoms with van der Waals surface area (Å²) in [5.74, 6) is -1.09. The minimum atomic E-state index is -1.23. The maximum absolute atomic E-state index is 13.6. The Labute approximate surface area is 139 Å². The van der Waals surface area contributed by atoms with Crippen molar-refractivity contribution in [2.45, 2.75) is 32.1 Å². The van der Waals surface area contributed by atoms with Gasteiger partial charge in [-0.1, -0.05) is 30.3 Å². The maximum atomic E-state index is 13.6. The van der Waals surface area contributed by atoms with E-state index in [4.69, 9.17) is 5.73 Å². The van der Waals surface area contributed by atoms with E-state index in [0.717, 1.165) is 5.56 Å². The van der Waals surface area contributed by atoms with E-state index in [-0.39, 0.29) is 13.0 Å². The molecule has 2 atom stereocenters. The number of likely N-dealkylation sites (tertiary alicyclic amines) is 1. The van der Waals surface area contributed by atoms with E-state index < -0.39 is 24.0 Å². The molecule has 1 fully saturated rings. The summed E-state index contributed by atoms with van der Waals surface area (Å²) in [7, 11) is 0. The molecule has 1 saturated heterocycles. The van der Waals surface area contributed by atoms with Gasteiger partial charge in [0.1, 0.15) is 12.2 Å². The van der Waals surface area contributed by atoms with Crippen LogP contribution >= 0.6 is 0 Å². The van der Waals surface area contributed by atoms with E-state index in [2.05, 4.69) is 5.10 Å². The van der Waals surface area contributed by atoms with E-state index in [1.807, 2.05) is 30.3 Å². The highest BCUT2D eigenvalue weighted by molar-refractivity contribution is 5.98. The lowest BCUT2D eigenvalue weighted by Gasteiger charge is -2.21. The third-order valence-electron chi connectivity index (χ3n) is 4.35. The lowest BCUT2D eigenvalue weighted by Crippen LogP contribution is -2.43. The van der Waals surface area contributed by atoms with Crippen molar-refractivity contribution >= 4 is 11.8 Å². The molecule has 0 radical (unpaired) electrons. The number of primary amides is 1. The second-order valence-electron chi connectivity index (χ2n) is 6.00. The van der Waals surface area contributed by atoms with E-state index in [0.29, 0.717) is 17.8 Å². The summed E-state index contributed by atoms with van der Waals surface area (Å²) < 4.78 is 15.3. The molecule has 126 valence electrons. The van der Waals surface area contributed by atoms with Gasteiger partial charge in [0, 0.05) is 12.1 Å². The van der Waals surface area contributed by atoms with Gasteiger partial charge in [-0.2, -0.15) is 5.10 Å². The minimum absolute atomic E-state index is 0.0434. The van der Waals surface area contributed by atoms with E-state index in [1.54, 1.807) is 11.6 Å². The molecular weight excluding hydrogens is 311 g/mol. The minimum Gasteiger partial charge on any atom is -0.368 e. The quantitative estimate of drug-likeness (QED) is 0.917. The lowest BCUT2D eigenvalue weighted by atomic mass is 10.1. The zero-order valence-corrected chi connectivity index (χ0v) is 13.4. The average Bonchev–Trinajstić information content (AvgIpc) is 3.12. The normalized spacial score (nSPS) is 20.3. The zero-order chi connectivity index (χ0) is 17.3. The Morgan fingerprint density at radius 3 is 2.71 bits per heavy atom. The van der Waals surface area contributed by atoms with Crippen molar-refractivity contribution in [2.24, 2.45) is 5.73 Å². The fourth-order valence-corrected chi connectivity index (χ4v) is 3.01. The van der Waals surface area contributed by atoms with E-state index >= 15 is 0 Å². The number of carbonyl (C=O) groups excluding carboxylic acids is 2. The molecule has 24 heavy (non-hydrogen) atoms. The van der Waals surface area contributed by atoms with Crippen LogP contribution in [0.25, 0.3) is 0 Å². The number of benzene rings is 1. The van der Waals surface area contributed by atoms with Crippen LogP contribution in [0.1, 0.15) is 28.0 Å². The summed E-state index contributed by atoms with van der Waals surface area (Å²) in [6.45, 7) is 2.20. The first-order valence-corrected chi connectivity index (χ1v) is 7.78. The van der Waals surface area contributed by atoms with E-state index in [9.17, 15) is 14.0 Å². The standard InChI is InChI=1S/C17H19FN4O2/c1-11-14(8-20-22(11)9-12-5-3-2-4-6-12)17(24)21-10-13(18)7-15(21)16(19)23/h2-6,8,13,15H,7,9-10H2,1H3,(H2,19,23)/t13-,15+/m1/s1. The summed E-state index contributed by atoms with van der Waals surface area (Å²) in [5, 5.41) is 4.25. The van der Waals surface area contributed by atoms with Gasteiger partial charge in [0.2, 0.25) is 5.91 Å². The van der Waals surface area contributed by atoms with Gasteiger partial charge < -0.3 is 10.6 Å². The van der Waals surface area contributed by atoms with Crippen molar-refractivity contribution in [3.63, 3.8) is 0 Å². The predicted molar refractivity (Wildman–Crippen MR) is 86.0 cm³/mol. The molecule has 3 rings (SSSR count). The lowest BCUT2D eigenvalue weighted by molar-refractivity contribution is -0.121. The first kappa shape index (κ1) is 16.2. The summed E-state index contributed by atoms with van der Waals surface area (Å²) >= 11 is 0. The smallest absolute Gasteiger partial charge is 0.258 e. The first-order chi connectivity index (χ1) is 11.5. The fourth-order valence-electron chi connectivity index (χ4n) is 3.01. The molecule has 0 spiro atoms. The van der Waals surface area contributed by atoms with Crippen LogP contribution in [0.2, 0.25) is 0 Å². The summed E-state index contributed by atoms with van der Waals surface area (Å²) in [6, 6.07) is 8.84. The number of rotatable bonds is 4. The van der Waals surface area contributed by atoms with Crippen molar-refractivity contribution in [3.05, 3.63) is 53.3 Å². The van der Waals surface area contributed by atoms with Crippen LogP contribution in [0.4, 0.5) is 4.39 Å². The van der Waals surface area contributed by atoms with Crippen molar-refractivity contribution in [1.82, 2.24) is 14.7 Å². The molecule has 1 aliphatic rings. The highest BCUT2D eigenvalue weighted by atomic mass is 19.1. The van der Waals surface area contributed by atoms with Gasteiger partial charge in [0.15, 0.2) is 0 Å². The molecule has 1 aromatic carbocycles. The van der Waals surface area contributed by atoms with Crippen molar-refractivity contribution in [3.8, 4) is 0 Å². The largest absolute Gasteiger partial charge is 0.368 e. The van der Waals surface area contributed by atoms with Crippen LogP contribution in [0.15, 0.2) is 36.5 Å². The van der Waals surface area contributed by atoms with Gasteiger partial charge in [-0.05, 0) is 12.5 Å². The Kier molecular flexibility index (Phi) is 4.33. The van der Waals surface area contributed by atoms with Gasteiger partial charge in [0.05, 0.1) is 24.8 Å².